The minimum atomic E-state index is -4.36. The van der Waals surface area contributed by atoms with Crippen molar-refractivity contribution < 1.29 is 32.6 Å². The van der Waals surface area contributed by atoms with Crippen molar-refractivity contribution in [3.63, 3.8) is 0 Å². The fraction of sp³-hybridized carbons (Fsp3) is 0.385. The molecule has 0 fully saturated rings. The average Bonchev–Trinajstić information content (AvgIpc) is 3.29. The van der Waals surface area contributed by atoms with E-state index in [-0.39, 0.29) is 30.9 Å². The summed E-state index contributed by atoms with van der Waals surface area (Å²) in [5.74, 6) is -0.438. The van der Waals surface area contributed by atoms with Crippen molar-refractivity contribution in [2.45, 2.75) is 51.8 Å². The first kappa shape index (κ1) is 26.5. The first-order chi connectivity index (χ1) is 16.6. The fourth-order valence-corrected chi connectivity index (χ4v) is 4.86. The molecule has 35 heavy (non-hydrogen) atoms. The van der Waals surface area contributed by atoms with E-state index in [1.807, 2.05) is 32.1 Å². The highest BCUT2D eigenvalue weighted by Gasteiger charge is 2.30. The number of nitrogens with one attached hydrogen (secondary N) is 1. The maximum absolute atomic E-state index is 12.9. The molecular formula is C26H28F3NO4S. The van der Waals surface area contributed by atoms with E-state index in [9.17, 15) is 22.8 Å². The summed E-state index contributed by atoms with van der Waals surface area (Å²) < 4.78 is 44.9. The molecular weight excluding hydrogens is 479 g/mol. The van der Waals surface area contributed by atoms with Gasteiger partial charge in [-0.25, -0.2) is 0 Å². The molecule has 1 aliphatic carbocycles. The van der Waals surface area contributed by atoms with Gasteiger partial charge in [-0.2, -0.15) is 13.2 Å². The van der Waals surface area contributed by atoms with Crippen molar-refractivity contribution in [2.75, 3.05) is 6.54 Å². The summed E-state index contributed by atoms with van der Waals surface area (Å²) in [7, 11) is 0. The largest absolute Gasteiger partial charge is 0.489 e. The van der Waals surface area contributed by atoms with Crippen LogP contribution in [0.4, 0.5) is 13.2 Å². The molecule has 3 rings (SSSR count). The Hall–Kier alpha value is -3.07. The van der Waals surface area contributed by atoms with Crippen LogP contribution in [0.2, 0.25) is 0 Å². The number of carboxylic acids is 1. The summed E-state index contributed by atoms with van der Waals surface area (Å²) in [6.07, 6.45) is 1.26. The number of carbonyl (C=O) groups is 2. The number of alkyl halides is 3. The molecule has 0 spiro atoms. The second-order valence-electron chi connectivity index (χ2n) is 8.43. The molecule has 1 amide bonds. The van der Waals surface area contributed by atoms with Crippen LogP contribution < -0.4 is 5.32 Å². The van der Waals surface area contributed by atoms with Crippen LogP contribution in [-0.4, -0.2) is 23.5 Å². The second-order valence-corrected chi connectivity index (χ2v) is 9.55. The lowest BCUT2D eigenvalue weighted by molar-refractivity contribution is -0.138. The van der Waals surface area contributed by atoms with Crippen molar-refractivity contribution in [1.29, 1.82) is 0 Å². The lowest BCUT2D eigenvalue weighted by Crippen LogP contribution is -2.25. The first-order valence-corrected chi connectivity index (χ1v) is 12.2. The van der Waals surface area contributed by atoms with Gasteiger partial charge in [-0.05, 0) is 53.8 Å². The van der Waals surface area contributed by atoms with E-state index in [1.165, 1.54) is 23.5 Å². The molecule has 1 aromatic carbocycles. The number of halogens is 3. The van der Waals surface area contributed by atoms with Gasteiger partial charge in [0.05, 0.1) is 22.6 Å². The van der Waals surface area contributed by atoms with E-state index in [0.717, 1.165) is 46.7 Å². The number of amides is 1. The zero-order valence-corrected chi connectivity index (χ0v) is 20.3. The summed E-state index contributed by atoms with van der Waals surface area (Å²) in [6, 6.07) is 8.76. The zero-order chi connectivity index (χ0) is 25.6. The molecule has 0 aliphatic heterocycles. The minimum Gasteiger partial charge on any atom is -0.489 e. The lowest BCUT2D eigenvalue weighted by Gasteiger charge is -2.26. The Labute approximate surface area is 206 Å². The molecule has 9 heteroatoms. The molecule has 1 aliphatic rings. The standard InChI is InChI=1S/C26H28F3NO4S/c1-3-4-21(22-11-12-23(35-22)25(33)30-14-13-24(31)32)34-19-9-10-20(16(2)15-19)17-5-7-18(8-6-17)26(27,28)29/h5-12,16,21H,3-4,13-15H2,1-2H3,(H,30,33)(H,31,32). The van der Waals surface area contributed by atoms with Gasteiger partial charge in [-0.3, -0.25) is 9.59 Å². The Bertz CT molecular complexity index is 1100. The van der Waals surface area contributed by atoms with Crippen LogP contribution in [0, 0.1) is 5.92 Å². The van der Waals surface area contributed by atoms with E-state index in [0.29, 0.717) is 11.3 Å². The van der Waals surface area contributed by atoms with Crippen LogP contribution in [0.1, 0.15) is 71.3 Å². The molecule has 0 bridgehead atoms. The minimum absolute atomic E-state index is 0.0629. The number of carboxylic acid groups (broad SMARTS) is 1. The Morgan fingerprint density at radius 1 is 1.17 bits per heavy atom. The molecule has 5 nitrogen and oxygen atoms in total. The molecule has 2 unspecified atom stereocenters. The summed E-state index contributed by atoms with van der Waals surface area (Å²) in [4.78, 5) is 24.3. The van der Waals surface area contributed by atoms with Gasteiger partial charge < -0.3 is 15.2 Å². The number of ether oxygens (including phenoxy) is 1. The van der Waals surface area contributed by atoms with Crippen LogP contribution in [0.15, 0.2) is 54.3 Å². The number of rotatable bonds is 10. The quantitative estimate of drug-likeness (QED) is 0.369. The normalized spacial score (nSPS) is 16.8. The summed E-state index contributed by atoms with van der Waals surface area (Å²) in [5.41, 5.74) is 1.04. The zero-order valence-electron chi connectivity index (χ0n) is 19.5. The maximum atomic E-state index is 12.9. The van der Waals surface area contributed by atoms with Crippen molar-refractivity contribution in [3.05, 3.63) is 75.2 Å². The van der Waals surface area contributed by atoms with Gasteiger partial charge in [0.15, 0.2) is 0 Å². The number of benzene rings is 1. The molecule has 0 saturated heterocycles. The Balaban J connectivity index is 1.70. The van der Waals surface area contributed by atoms with Crippen molar-refractivity contribution in [3.8, 4) is 0 Å². The highest BCUT2D eigenvalue weighted by molar-refractivity contribution is 7.14. The van der Waals surface area contributed by atoms with Gasteiger partial charge in [0.2, 0.25) is 0 Å². The van der Waals surface area contributed by atoms with Crippen LogP contribution in [0.5, 0.6) is 0 Å². The average molecular weight is 508 g/mol. The van der Waals surface area contributed by atoms with E-state index in [1.54, 1.807) is 6.07 Å². The lowest BCUT2D eigenvalue weighted by atomic mass is 9.87. The van der Waals surface area contributed by atoms with Gasteiger partial charge in [0.1, 0.15) is 6.10 Å². The molecule has 2 atom stereocenters. The van der Waals surface area contributed by atoms with E-state index in [4.69, 9.17) is 9.84 Å². The fourth-order valence-electron chi connectivity index (χ4n) is 3.87. The number of hydrogen-bond donors (Lipinski definition) is 2. The monoisotopic (exact) mass is 507 g/mol. The number of carbonyl (C=O) groups excluding carboxylic acids is 1. The molecule has 0 radical (unpaired) electrons. The van der Waals surface area contributed by atoms with Gasteiger partial charge in [0.25, 0.3) is 5.91 Å². The second kappa shape index (κ2) is 11.6. The smallest absolute Gasteiger partial charge is 0.416 e. The van der Waals surface area contributed by atoms with Crippen molar-refractivity contribution >= 4 is 28.8 Å². The van der Waals surface area contributed by atoms with Gasteiger partial charge >= 0.3 is 12.1 Å². The van der Waals surface area contributed by atoms with Gasteiger partial charge in [-0.15, -0.1) is 11.3 Å². The van der Waals surface area contributed by atoms with Crippen LogP contribution in [-0.2, 0) is 15.7 Å². The molecule has 1 heterocycles. The van der Waals surface area contributed by atoms with Gasteiger partial charge in [-0.1, -0.05) is 38.5 Å². The first-order valence-electron chi connectivity index (χ1n) is 11.4. The van der Waals surface area contributed by atoms with Crippen LogP contribution in [0.25, 0.3) is 5.57 Å². The molecule has 2 aromatic rings. The number of aliphatic carboxylic acids is 1. The SMILES string of the molecule is CCCC(OC1=CC=C(c2ccc(C(F)(F)F)cc2)C(C)C1)c1ccc(C(=O)NCCC(=O)O)s1. The highest BCUT2D eigenvalue weighted by atomic mass is 32.1. The van der Waals surface area contributed by atoms with E-state index in [2.05, 4.69) is 5.32 Å². The Morgan fingerprint density at radius 2 is 1.89 bits per heavy atom. The predicted octanol–water partition coefficient (Wildman–Crippen LogP) is 6.84. The third kappa shape index (κ3) is 7.21. The Kier molecular flexibility index (Phi) is 8.77. The van der Waals surface area contributed by atoms with Gasteiger partial charge in [0, 0.05) is 17.8 Å². The molecule has 1 aromatic heterocycles. The predicted molar refractivity (Wildman–Crippen MR) is 129 cm³/mol. The number of thiophene rings is 1. The van der Waals surface area contributed by atoms with Crippen LogP contribution in [0.3, 0.4) is 0 Å². The molecule has 188 valence electrons. The highest BCUT2D eigenvalue weighted by Crippen LogP contribution is 2.38. The summed E-state index contributed by atoms with van der Waals surface area (Å²) in [5, 5.41) is 11.3. The summed E-state index contributed by atoms with van der Waals surface area (Å²) in [6.45, 7) is 4.12. The van der Waals surface area contributed by atoms with E-state index >= 15 is 0 Å². The van der Waals surface area contributed by atoms with Crippen molar-refractivity contribution in [2.24, 2.45) is 5.92 Å². The third-order valence-corrected chi connectivity index (χ3v) is 6.85. The number of allylic oxidation sites excluding steroid dienone is 4. The van der Waals surface area contributed by atoms with E-state index < -0.39 is 17.7 Å². The summed E-state index contributed by atoms with van der Waals surface area (Å²) >= 11 is 1.32. The molecule has 0 saturated carbocycles. The Morgan fingerprint density at radius 3 is 2.49 bits per heavy atom. The molecule has 2 N–H and O–H groups in total. The van der Waals surface area contributed by atoms with Crippen molar-refractivity contribution in [1.82, 2.24) is 5.32 Å². The topological polar surface area (TPSA) is 75.6 Å². The third-order valence-electron chi connectivity index (χ3n) is 5.67. The number of hydrogen-bond acceptors (Lipinski definition) is 4. The van der Waals surface area contributed by atoms with Crippen LogP contribution >= 0.6 is 11.3 Å². The maximum Gasteiger partial charge on any atom is 0.416 e.